The summed E-state index contributed by atoms with van der Waals surface area (Å²) in [5, 5.41) is 4.95. The Morgan fingerprint density at radius 3 is 2.14 bits per heavy atom. The van der Waals surface area contributed by atoms with Gasteiger partial charge in [0.15, 0.2) is 0 Å². The van der Waals surface area contributed by atoms with E-state index in [1.165, 1.54) is 4.90 Å². The van der Waals surface area contributed by atoms with Crippen LogP contribution in [0.4, 0.5) is 0 Å². The lowest BCUT2D eigenvalue weighted by Crippen LogP contribution is -2.57. The minimum absolute atomic E-state index is 0.0287. The van der Waals surface area contributed by atoms with Crippen molar-refractivity contribution in [3.8, 4) is 0 Å². The predicted octanol–water partition coefficient (Wildman–Crippen LogP) is 3.41. The fraction of sp³-hybridized carbons (Fsp3) is 0.469. The molecule has 2 N–H and O–H groups in total. The van der Waals surface area contributed by atoms with Crippen LogP contribution in [0.2, 0.25) is 0 Å². The molecule has 2 aliphatic heterocycles. The van der Waals surface area contributed by atoms with E-state index in [1.54, 1.807) is 36.2 Å². The van der Waals surface area contributed by atoms with Crippen LogP contribution in [0.5, 0.6) is 0 Å². The lowest BCUT2D eigenvalue weighted by atomic mass is 9.90. The number of hydrogen-bond donors (Lipinski definition) is 3. The van der Waals surface area contributed by atoms with Gasteiger partial charge in [-0.2, -0.15) is 12.6 Å². The van der Waals surface area contributed by atoms with Crippen molar-refractivity contribution < 1.29 is 24.0 Å². The fourth-order valence-corrected chi connectivity index (χ4v) is 6.19. The van der Waals surface area contributed by atoms with E-state index in [0.29, 0.717) is 49.8 Å². The minimum Gasteiger partial charge on any atom is -0.357 e. The van der Waals surface area contributed by atoms with Crippen LogP contribution in [0.3, 0.4) is 0 Å². The molecule has 9 nitrogen and oxygen atoms in total. The second-order valence-electron chi connectivity index (χ2n) is 11.3. The van der Waals surface area contributed by atoms with Crippen LogP contribution in [0.1, 0.15) is 78.1 Å². The van der Waals surface area contributed by atoms with Gasteiger partial charge in [0, 0.05) is 20.1 Å². The molecule has 2 heterocycles. The average Bonchev–Trinajstić information content (AvgIpc) is 3.12. The van der Waals surface area contributed by atoms with Crippen LogP contribution in [0.25, 0.3) is 0 Å². The maximum absolute atomic E-state index is 13.8. The molecule has 1 saturated heterocycles. The maximum atomic E-state index is 13.8. The molecule has 0 saturated carbocycles. The average molecular weight is 593 g/mol. The van der Waals surface area contributed by atoms with Crippen LogP contribution in [0.15, 0.2) is 54.6 Å². The molecule has 1 fully saturated rings. The van der Waals surface area contributed by atoms with E-state index in [4.69, 9.17) is 0 Å². The predicted molar refractivity (Wildman–Crippen MR) is 163 cm³/mol. The van der Waals surface area contributed by atoms with Gasteiger partial charge in [-0.3, -0.25) is 28.9 Å². The van der Waals surface area contributed by atoms with Crippen LogP contribution in [0, 0.1) is 5.92 Å². The van der Waals surface area contributed by atoms with Gasteiger partial charge < -0.3 is 15.5 Å². The molecule has 0 bridgehead atoms. The Kier molecular flexibility index (Phi) is 10.4. The zero-order chi connectivity index (χ0) is 30.4. The Bertz CT molecular complexity index is 1280. The molecule has 0 aliphatic carbocycles. The van der Waals surface area contributed by atoms with Gasteiger partial charge in [-0.1, -0.05) is 62.7 Å². The molecule has 0 aromatic heterocycles. The number of imide groups is 1. The molecular formula is C32H40N4O5S. The summed E-state index contributed by atoms with van der Waals surface area (Å²) >= 11 is 4.53. The zero-order valence-corrected chi connectivity index (χ0v) is 25.3. The Hall–Kier alpha value is -3.66. The summed E-state index contributed by atoms with van der Waals surface area (Å²) in [5.41, 5.74) is 1.92. The second kappa shape index (κ2) is 14.0. The summed E-state index contributed by atoms with van der Waals surface area (Å²) < 4.78 is 0. The molecule has 0 spiro atoms. The van der Waals surface area contributed by atoms with E-state index in [2.05, 4.69) is 23.3 Å². The largest absolute Gasteiger partial charge is 0.357 e. The van der Waals surface area contributed by atoms with E-state index in [1.807, 2.05) is 44.2 Å². The number of carbonyl (C=O) groups excluding carboxylic acids is 5. The number of nitrogens with one attached hydrogen (secondary N) is 2. The summed E-state index contributed by atoms with van der Waals surface area (Å²) in [7, 11) is 1.56. The van der Waals surface area contributed by atoms with Crippen molar-refractivity contribution in [3.63, 3.8) is 0 Å². The highest BCUT2D eigenvalue weighted by Crippen LogP contribution is 2.31. The fourth-order valence-electron chi connectivity index (χ4n) is 5.93. The first-order valence-electron chi connectivity index (χ1n) is 14.6. The third-order valence-corrected chi connectivity index (χ3v) is 8.67. The first-order chi connectivity index (χ1) is 20.1. The molecule has 42 heavy (non-hydrogen) atoms. The van der Waals surface area contributed by atoms with Crippen molar-refractivity contribution in [2.45, 2.75) is 69.2 Å². The lowest BCUT2D eigenvalue weighted by molar-refractivity contribution is -0.144. The molecule has 4 rings (SSSR count). The van der Waals surface area contributed by atoms with E-state index in [0.717, 1.165) is 5.56 Å². The van der Waals surface area contributed by atoms with Crippen molar-refractivity contribution in [1.82, 2.24) is 20.4 Å². The molecule has 224 valence electrons. The van der Waals surface area contributed by atoms with Crippen molar-refractivity contribution in [2.24, 2.45) is 5.92 Å². The van der Waals surface area contributed by atoms with Gasteiger partial charge >= 0.3 is 0 Å². The summed E-state index contributed by atoms with van der Waals surface area (Å²) in [6.07, 6.45) is 2.61. The topological polar surface area (TPSA) is 116 Å². The molecule has 5 amide bonds. The smallest absolute Gasteiger partial charge is 0.261 e. The third-order valence-electron chi connectivity index (χ3n) is 8.18. The first kappa shape index (κ1) is 31.3. The van der Waals surface area contributed by atoms with Crippen LogP contribution in [-0.4, -0.2) is 76.8 Å². The van der Waals surface area contributed by atoms with Crippen molar-refractivity contribution in [2.75, 3.05) is 20.1 Å². The first-order valence-corrected chi connectivity index (χ1v) is 15.2. The van der Waals surface area contributed by atoms with Crippen molar-refractivity contribution in [1.29, 1.82) is 0 Å². The van der Waals surface area contributed by atoms with Crippen LogP contribution < -0.4 is 10.6 Å². The highest BCUT2D eigenvalue weighted by atomic mass is 32.1. The number of rotatable bonds is 11. The number of thiol groups is 1. The minimum atomic E-state index is -0.802. The number of benzene rings is 2. The number of carbonyl (C=O) groups is 5. The summed E-state index contributed by atoms with van der Waals surface area (Å²) in [4.78, 5) is 68.0. The lowest BCUT2D eigenvalue weighted by Gasteiger charge is -2.34. The highest BCUT2D eigenvalue weighted by Gasteiger charge is 2.40. The van der Waals surface area contributed by atoms with E-state index >= 15 is 0 Å². The van der Waals surface area contributed by atoms with E-state index in [9.17, 15) is 24.0 Å². The van der Waals surface area contributed by atoms with Gasteiger partial charge in [0.25, 0.3) is 11.8 Å². The normalized spacial score (nSPS) is 20.3. The van der Waals surface area contributed by atoms with Crippen molar-refractivity contribution >= 4 is 42.2 Å². The molecule has 10 heteroatoms. The number of amides is 5. The summed E-state index contributed by atoms with van der Waals surface area (Å²) in [6.45, 7) is 4.49. The quantitative estimate of drug-likeness (QED) is 0.210. The molecule has 4 unspecified atom stereocenters. The Morgan fingerprint density at radius 1 is 0.929 bits per heavy atom. The molecule has 4 atom stereocenters. The maximum Gasteiger partial charge on any atom is 0.261 e. The van der Waals surface area contributed by atoms with E-state index < -0.39 is 17.3 Å². The molecular weight excluding hydrogens is 552 g/mol. The van der Waals surface area contributed by atoms with Gasteiger partial charge in [0.1, 0.15) is 12.1 Å². The number of likely N-dealkylation sites (N-methyl/N-ethyl adjacent to an activating group) is 1. The molecule has 0 radical (unpaired) electrons. The third kappa shape index (κ3) is 6.86. The monoisotopic (exact) mass is 592 g/mol. The SMILES string of the molecule is CNC(=O)C(C(C)C)N1CCC(c2ccccc2)CC(NC(=O)C(S)CCCCN2C(=O)c3ccccc3C2=O)C1=O. The molecule has 2 aromatic carbocycles. The van der Waals surface area contributed by atoms with Crippen LogP contribution >= 0.6 is 12.6 Å². The van der Waals surface area contributed by atoms with E-state index in [-0.39, 0.29) is 47.9 Å². The van der Waals surface area contributed by atoms with Crippen molar-refractivity contribution in [3.05, 3.63) is 71.3 Å². The molecule has 2 aromatic rings. The number of hydrogen-bond acceptors (Lipinski definition) is 6. The van der Waals surface area contributed by atoms with Crippen LogP contribution in [-0.2, 0) is 14.4 Å². The zero-order valence-electron chi connectivity index (χ0n) is 24.4. The number of fused-ring (bicyclic) bond motifs is 1. The number of likely N-dealkylation sites (tertiary alicyclic amines) is 1. The second-order valence-corrected chi connectivity index (χ2v) is 12.0. The Labute approximate surface area is 252 Å². The van der Waals surface area contributed by atoms with Gasteiger partial charge in [-0.05, 0) is 55.2 Å². The Balaban J connectivity index is 1.39. The number of unbranched alkanes of at least 4 members (excludes halogenated alkanes) is 1. The van der Waals surface area contributed by atoms with Gasteiger partial charge in [-0.15, -0.1) is 0 Å². The molecule has 2 aliphatic rings. The summed E-state index contributed by atoms with van der Waals surface area (Å²) in [6, 6.07) is 15.2. The van der Waals surface area contributed by atoms with Gasteiger partial charge in [0.2, 0.25) is 17.7 Å². The Morgan fingerprint density at radius 2 is 1.55 bits per heavy atom. The highest BCUT2D eigenvalue weighted by molar-refractivity contribution is 7.81. The van der Waals surface area contributed by atoms with Gasteiger partial charge in [0.05, 0.1) is 16.4 Å². The van der Waals surface area contributed by atoms with Gasteiger partial charge in [-0.25, -0.2) is 0 Å². The number of nitrogens with zero attached hydrogens (tertiary/aromatic N) is 2. The summed E-state index contributed by atoms with van der Waals surface area (Å²) in [5.74, 6) is -1.53. The standard InChI is InChI=1S/C32H40N4O5S/c1-20(2)27(29(38)33-3)35-18-16-22(21-11-5-4-6-12-21)19-25(32(35)41)34-28(37)26(42)15-9-10-17-36-30(39)23-13-7-8-14-24(23)31(36)40/h4-8,11-14,20,22,25-27,42H,9-10,15-19H2,1-3H3,(H,33,38)(H,34,37).